The number of H-pyrrole nitrogens is 1. The van der Waals surface area contributed by atoms with Crippen LogP contribution in [0, 0.1) is 0 Å². The quantitative estimate of drug-likeness (QED) is 0.385. The summed E-state index contributed by atoms with van der Waals surface area (Å²) in [6.45, 7) is 4.62. The second-order valence-corrected chi connectivity index (χ2v) is 9.17. The Kier molecular flexibility index (Phi) is 6.68. The number of sulfonamides is 1. The molecule has 0 fully saturated rings. The number of anilines is 1. The van der Waals surface area contributed by atoms with E-state index >= 15 is 0 Å². The molecule has 3 rings (SSSR count). The van der Waals surface area contributed by atoms with Crippen LogP contribution in [0.15, 0.2) is 36.8 Å². The van der Waals surface area contributed by atoms with Gasteiger partial charge in [-0.3, -0.25) is 14.9 Å². The molecule has 0 unspecified atom stereocenters. The molecule has 0 bridgehead atoms. The standard InChI is InChI=1S/C20H26N6O3S/c1-13(2)26-19-16-9-14(15-10-23-24-11-15)5-6-18(16)22-12-17(19)20(27)21-7-4-8-25-30(3,28)29/h5-6,9-13,25H,4,7-8H2,1-3H3,(H,21,27)(H,22,26)(H,23,24). The molecule has 0 aliphatic rings. The number of nitrogens with zero attached hydrogens (tertiary/aromatic N) is 2. The topological polar surface area (TPSA) is 129 Å². The van der Waals surface area contributed by atoms with Crippen LogP contribution >= 0.6 is 0 Å². The molecule has 0 spiro atoms. The van der Waals surface area contributed by atoms with Crippen LogP contribution in [0.5, 0.6) is 0 Å². The molecule has 3 aromatic rings. The summed E-state index contributed by atoms with van der Waals surface area (Å²) >= 11 is 0. The molecule has 2 heterocycles. The monoisotopic (exact) mass is 430 g/mol. The molecule has 2 aromatic heterocycles. The van der Waals surface area contributed by atoms with Crippen molar-refractivity contribution in [3.8, 4) is 11.1 Å². The van der Waals surface area contributed by atoms with Crippen LogP contribution in [0.2, 0.25) is 0 Å². The van der Waals surface area contributed by atoms with Gasteiger partial charge in [-0.2, -0.15) is 5.10 Å². The highest BCUT2D eigenvalue weighted by Gasteiger charge is 2.17. The summed E-state index contributed by atoms with van der Waals surface area (Å²) in [7, 11) is -3.23. The van der Waals surface area contributed by atoms with E-state index in [1.54, 1.807) is 12.4 Å². The van der Waals surface area contributed by atoms with Gasteiger partial charge in [-0.15, -0.1) is 0 Å². The first-order valence-electron chi connectivity index (χ1n) is 9.66. The summed E-state index contributed by atoms with van der Waals surface area (Å²) in [5.74, 6) is -0.263. The highest BCUT2D eigenvalue weighted by Crippen LogP contribution is 2.30. The van der Waals surface area contributed by atoms with Gasteiger partial charge in [0.1, 0.15) is 0 Å². The van der Waals surface area contributed by atoms with E-state index in [-0.39, 0.29) is 18.5 Å². The molecule has 30 heavy (non-hydrogen) atoms. The number of aromatic nitrogens is 3. The number of fused-ring (bicyclic) bond motifs is 1. The summed E-state index contributed by atoms with van der Waals surface area (Å²) in [6.07, 6.45) is 6.70. The molecule has 1 aromatic carbocycles. The third-order valence-electron chi connectivity index (χ3n) is 4.38. The van der Waals surface area contributed by atoms with Crippen molar-refractivity contribution in [3.05, 3.63) is 42.4 Å². The third-order valence-corrected chi connectivity index (χ3v) is 5.11. The van der Waals surface area contributed by atoms with Crippen molar-refractivity contribution in [2.24, 2.45) is 0 Å². The highest BCUT2D eigenvalue weighted by molar-refractivity contribution is 7.88. The number of benzene rings is 1. The number of carbonyl (C=O) groups is 1. The molecular weight excluding hydrogens is 404 g/mol. The lowest BCUT2D eigenvalue weighted by Gasteiger charge is -2.17. The normalized spacial score (nSPS) is 11.7. The fourth-order valence-corrected chi connectivity index (χ4v) is 3.56. The van der Waals surface area contributed by atoms with E-state index in [9.17, 15) is 13.2 Å². The maximum absolute atomic E-state index is 12.8. The number of hydrogen-bond donors (Lipinski definition) is 4. The maximum atomic E-state index is 12.8. The zero-order chi connectivity index (χ0) is 21.7. The second-order valence-electron chi connectivity index (χ2n) is 7.34. The van der Waals surface area contributed by atoms with E-state index in [0.717, 1.165) is 28.3 Å². The zero-order valence-corrected chi connectivity index (χ0v) is 18.0. The van der Waals surface area contributed by atoms with E-state index in [2.05, 4.69) is 30.5 Å². The van der Waals surface area contributed by atoms with Crippen LogP contribution in [0.25, 0.3) is 22.0 Å². The summed E-state index contributed by atoms with van der Waals surface area (Å²) in [5, 5.41) is 13.9. The number of hydrogen-bond acceptors (Lipinski definition) is 6. The molecule has 160 valence electrons. The number of rotatable bonds is 9. The number of aromatic amines is 1. The van der Waals surface area contributed by atoms with Gasteiger partial charge >= 0.3 is 0 Å². The van der Waals surface area contributed by atoms with Crippen LogP contribution in [0.3, 0.4) is 0 Å². The van der Waals surface area contributed by atoms with E-state index in [1.165, 1.54) is 0 Å². The van der Waals surface area contributed by atoms with E-state index in [1.807, 2.05) is 38.2 Å². The Bertz CT molecular complexity index is 1130. The number of amides is 1. The third kappa shape index (κ3) is 5.55. The molecule has 0 atom stereocenters. The van der Waals surface area contributed by atoms with Gasteiger partial charge in [-0.05, 0) is 38.0 Å². The van der Waals surface area contributed by atoms with Gasteiger partial charge in [0.15, 0.2) is 0 Å². The average molecular weight is 431 g/mol. The van der Waals surface area contributed by atoms with Crippen LogP contribution in [-0.2, 0) is 10.0 Å². The Morgan fingerprint density at radius 1 is 1.17 bits per heavy atom. The van der Waals surface area contributed by atoms with Crippen molar-refractivity contribution in [2.45, 2.75) is 26.3 Å². The molecule has 0 aliphatic heterocycles. The highest BCUT2D eigenvalue weighted by atomic mass is 32.2. The molecule has 0 saturated carbocycles. The molecule has 10 heteroatoms. The van der Waals surface area contributed by atoms with E-state index in [4.69, 9.17) is 0 Å². The van der Waals surface area contributed by atoms with Crippen molar-refractivity contribution in [3.63, 3.8) is 0 Å². The second kappa shape index (κ2) is 9.23. The molecule has 9 nitrogen and oxygen atoms in total. The van der Waals surface area contributed by atoms with Gasteiger partial charge in [-0.1, -0.05) is 6.07 Å². The molecule has 4 N–H and O–H groups in total. The zero-order valence-electron chi connectivity index (χ0n) is 17.2. The fraction of sp³-hybridized carbons (Fsp3) is 0.350. The van der Waals surface area contributed by atoms with Crippen molar-refractivity contribution >= 4 is 32.5 Å². The van der Waals surface area contributed by atoms with Crippen molar-refractivity contribution in [1.29, 1.82) is 0 Å². The Balaban J connectivity index is 1.86. The van der Waals surface area contributed by atoms with Gasteiger partial charge in [0.2, 0.25) is 10.0 Å². The van der Waals surface area contributed by atoms with E-state index < -0.39 is 10.0 Å². The largest absolute Gasteiger partial charge is 0.382 e. The van der Waals surface area contributed by atoms with Gasteiger partial charge in [0.05, 0.1) is 29.2 Å². The molecule has 1 amide bonds. The Morgan fingerprint density at radius 2 is 1.97 bits per heavy atom. The molecule has 0 radical (unpaired) electrons. The van der Waals surface area contributed by atoms with Gasteiger partial charge in [0.25, 0.3) is 5.91 Å². The first-order chi connectivity index (χ1) is 14.2. The average Bonchev–Trinajstić information content (AvgIpc) is 3.21. The molecular formula is C20H26N6O3S. The minimum absolute atomic E-state index is 0.110. The predicted octanol–water partition coefficient (Wildman–Crippen LogP) is 2.11. The Hall–Kier alpha value is -2.98. The van der Waals surface area contributed by atoms with Crippen molar-refractivity contribution in [2.75, 3.05) is 24.7 Å². The van der Waals surface area contributed by atoms with Gasteiger partial charge in [-0.25, -0.2) is 13.1 Å². The van der Waals surface area contributed by atoms with Crippen LogP contribution in [0.4, 0.5) is 5.69 Å². The van der Waals surface area contributed by atoms with Gasteiger partial charge < -0.3 is 10.6 Å². The number of nitrogens with one attached hydrogen (secondary N) is 4. The maximum Gasteiger partial charge on any atom is 0.254 e. The van der Waals surface area contributed by atoms with Gasteiger partial charge in [0, 0.05) is 42.5 Å². The lowest BCUT2D eigenvalue weighted by atomic mass is 10.0. The fourth-order valence-electron chi connectivity index (χ4n) is 3.04. The summed E-state index contributed by atoms with van der Waals surface area (Å²) in [5.41, 5.74) is 3.85. The number of pyridine rings is 1. The first-order valence-corrected chi connectivity index (χ1v) is 11.5. The summed E-state index contributed by atoms with van der Waals surface area (Å²) in [6, 6.07) is 5.99. The van der Waals surface area contributed by atoms with Crippen molar-refractivity contribution in [1.82, 2.24) is 25.2 Å². The minimum Gasteiger partial charge on any atom is -0.382 e. The Morgan fingerprint density at radius 3 is 2.63 bits per heavy atom. The summed E-state index contributed by atoms with van der Waals surface area (Å²) in [4.78, 5) is 17.3. The lowest BCUT2D eigenvalue weighted by molar-refractivity contribution is 0.0954. The minimum atomic E-state index is -3.23. The summed E-state index contributed by atoms with van der Waals surface area (Å²) < 4.78 is 24.6. The molecule has 0 saturated heterocycles. The van der Waals surface area contributed by atoms with Crippen LogP contribution in [-0.4, -0.2) is 54.9 Å². The van der Waals surface area contributed by atoms with Crippen LogP contribution < -0.4 is 15.4 Å². The SMILES string of the molecule is CC(C)Nc1c(C(=O)NCCCNS(C)(=O)=O)cnc2ccc(-c3cn[nH]c3)cc12. The molecule has 0 aliphatic carbocycles. The number of carbonyl (C=O) groups excluding carboxylic acids is 1. The van der Waals surface area contributed by atoms with E-state index in [0.29, 0.717) is 24.2 Å². The Labute approximate surface area is 175 Å². The predicted molar refractivity (Wildman–Crippen MR) is 118 cm³/mol. The van der Waals surface area contributed by atoms with Crippen LogP contribution in [0.1, 0.15) is 30.6 Å². The van der Waals surface area contributed by atoms with Crippen molar-refractivity contribution < 1.29 is 13.2 Å². The first kappa shape index (κ1) is 21.7. The smallest absolute Gasteiger partial charge is 0.254 e. The lowest BCUT2D eigenvalue weighted by Crippen LogP contribution is -2.30.